The normalized spacial score (nSPS) is 13.3. The highest BCUT2D eigenvalue weighted by molar-refractivity contribution is 6.26. The highest BCUT2D eigenvalue weighted by atomic mass is 15.1. The average molecular weight is 727 g/mol. The predicted octanol–water partition coefficient (Wildman–Crippen LogP) is 14.7. The maximum Gasteiger partial charge on any atom is 0.138 e. The van der Waals surface area contributed by atoms with Gasteiger partial charge in [0.05, 0.1) is 16.7 Å². The topological polar surface area (TPSA) is 17.8 Å². The molecule has 0 saturated heterocycles. The quantitative estimate of drug-likeness (QED) is 0.166. The lowest BCUT2D eigenvalue weighted by molar-refractivity contribution is 0.660. The summed E-state index contributed by atoms with van der Waals surface area (Å²) in [4.78, 5) is 5.60. The second-order valence-corrected chi connectivity index (χ2v) is 16.4. The van der Waals surface area contributed by atoms with E-state index in [1.165, 1.54) is 87.4 Å². The number of fused-ring (bicyclic) bond motifs is 13. The third-order valence-electron chi connectivity index (χ3n) is 12.8. The summed E-state index contributed by atoms with van der Waals surface area (Å²) in [5.41, 5.74) is 13.6. The van der Waals surface area contributed by atoms with E-state index in [4.69, 9.17) is 4.98 Å². The first kappa shape index (κ1) is 32.2. The summed E-state index contributed by atoms with van der Waals surface area (Å²) in [5.74, 6) is 0.917. The highest BCUT2D eigenvalue weighted by Crippen LogP contribution is 2.50. The Labute approximate surface area is 331 Å². The maximum atomic E-state index is 5.60. The van der Waals surface area contributed by atoms with Crippen molar-refractivity contribution in [3.63, 3.8) is 0 Å². The second kappa shape index (κ2) is 11.7. The molecule has 0 saturated carbocycles. The first-order valence-corrected chi connectivity index (χ1v) is 20.0. The number of benzene rings is 9. The lowest BCUT2D eigenvalue weighted by Crippen LogP contribution is -2.14. The number of hydrogen-bond donors (Lipinski definition) is 0. The van der Waals surface area contributed by atoms with Gasteiger partial charge in [-0.05, 0) is 120 Å². The largest absolute Gasteiger partial charge is 0.294 e. The standard InChI is InChI=1S/C55H38N2/c1-33-20-26-51-47(28-33)48-29-34(35-21-25-45-44-18-10-11-19-49(44)55(2,3)50(45)31-35)23-27-52(48)57(51)53-32-36-12-4-5-13-38(36)54(56-53)37-22-24-43-41-16-7-6-14-39(41)40-15-8-9-17-42(40)46(43)30-37/h4-32H,1-3H3. The Morgan fingerprint density at radius 3 is 1.72 bits per heavy atom. The lowest BCUT2D eigenvalue weighted by Gasteiger charge is -2.22. The smallest absolute Gasteiger partial charge is 0.138 e. The van der Waals surface area contributed by atoms with Crippen molar-refractivity contribution in [3.05, 3.63) is 193 Å². The van der Waals surface area contributed by atoms with Crippen LogP contribution in [0.25, 0.3) is 104 Å². The minimum atomic E-state index is -0.0510. The fraction of sp³-hybridized carbons (Fsp3) is 0.0727. The summed E-state index contributed by atoms with van der Waals surface area (Å²) in [5, 5.41) is 12.4. The Kier molecular flexibility index (Phi) is 6.64. The van der Waals surface area contributed by atoms with Crippen LogP contribution in [0.3, 0.4) is 0 Å². The molecule has 268 valence electrons. The molecule has 12 rings (SSSR count). The van der Waals surface area contributed by atoms with Crippen molar-refractivity contribution >= 4 is 64.9 Å². The van der Waals surface area contributed by atoms with Gasteiger partial charge in [0, 0.05) is 27.1 Å². The molecule has 1 aliphatic carbocycles. The van der Waals surface area contributed by atoms with Crippen molar-refractivity contribution < 1.29 is 0 Å². The Morgan fingerprint density at radius 1 is 0.404 bits per heavy atom. The van der Waals surface area contributed by atoms with Gasteiger partial charge < -0.3 is 0 Å². The van der Waals surface area contributed by atoms with E-state index in [-0.39, 0.29) is 5.41 Å². The maximum absolute atomic E-state index is 5.60. The van der Waals surface area contributed by atoms with Crippen LogP contribution >= 0.6 is 0 Å². The van der Waals surface area contributed by atoms with E-state index in [0.717, 1.165) is 33.5 Å². The molecule has 0 atom stereocenters. The fourth-order valence-corrected chi connectivity index (χ4v) is 10.0. The van der Waals surface area contributed by atoms with E-state index in [1.54, 1.807) is 0 Å². The molecule has 2 heterocycles. The number of nitrogens with zero attached hydrogens (tertiary/aromatic N) is 2. The average Bonchev–Trinajstić information content (AvgIpc) is 3.70. The third-order valence-corrected chi connectivity index (χ3v) is 12.8. The van der Waals surface area contributed by atoms with Gasteiger partial charge in [0.25, 0.3) is 0 Å². The number of aryl methyl sites for hydroxylation is 1. The molecule has 57 heavy (non-hydrogen) atoms. The number of pyridine rings is 1. The van der Waals surface area contributed by atoms with Crippen LogP contribution in [0.4, 0.5) is 0 Å². The first-order valence-electron chi connectivity index (χ1n) is 20.0. The van der Waals surface area contributed by atoms with Gasteiger partial charge in [0.2, 0.25) is 0 Å². The van der Waals surface area contributed by atoms with Crippen LogP contribution in [-0.4, -0.2) is 9.55 Å². The van der Waals surface area contributed by atoms with Crippen molar-refractivity contribution in [2.45, 2.75) is 26.2 Å². The van der Waals surface area contributed by atoms with Gasteiger partial charge in [-0.2, -0.15) is 0 Å². The van der Waals surface area contributed by atoms with Gasteiger partial charge in [0.1, 0.15) is 5.82 Å². The molecule has 0 amide bonds. The molecule has 0 spiro atoms. The Morgan fingerprint density at radius 2 is 0.947 bits per heavy atom. The van der Waals surface area contributed by atoms with Crippen LogP contribution in [0, 0.1) is 6.92 Å². The van der Waals surface area contributed by atoms with Crippen LogP contribution in [0.15, 0.2) is 176 Å². The van der Waals surface area contributed by atoms with Gasteiger partial charge in [-0.1, -0.05) is 153 Å². The molecule has 2 heteroatoms. The summed E-state index contributed by atoms with van der Waals surface area (Å²) >= 11 is 0. The Balaban J connectivity index is 1.07. The fourth-order valence-electron chi connectivity index (χ4n) is 10.0. The molecule has 11 aromatic rings. The summed E-state index contributed by atoms with van der Waals surface area (Å²) < 4.78 is 2.37. The van der Waals surface area contributed by atoms with Crippen LogP contribution in [0.5, 0.6) is 0 Å². The van der Waals surface area contributed by atoms with E-state index >= 15 is 0 Å². The van der Waals surface area contributed by atoms with Crippen LogP contribution in [-0.2, 0) is 5.41 Å². The number of hydrogen-bond acceptors (Lipinski definition) is 1. The number of aromatic nitrogens is 2. The molecule has 0 aliphatic heterocycles. The summed E-state index contributed by atoms with van der Waals surface area (Å²) in [6.07, 6.45) is 0. The van der Waals surface area contributed by atoms with Gasteiger partial charge in [-0.25, -0.2) is 4.98 Å². The van der Waals surface area contributed by atoms with E-state index in [1.807, 2.05) is 0 Å². The predicted molar refractivity (Wildman–Crippen MR) is 242 cm³/mol. The molecule has 0 radical (unpaired) electrons. The first-order chi connectivity index (χ1) is 27.9. The highest BCUT2D eigenvalue weighted by Gasteiger charge is 2.35. The van der Waals surface area contributed by atoms with E-state index in [9.17, 15) is 0 Å². The Bertz CT molecular complexity index is 3470. The van der Waals surface area contributed by atoms with Crippen molar-refractivity contribution in [1.29, 1.82) is 0 Å². The summed E-state index contributed by atoms with van der Waals surface area (Å²) in [6, 6.07) is 65.2. The van der Waals surface area contributed by atoms with Gasteiger partial charge in [-0.3, -0.25) is 4.57 Å². The summed E-state index contributed by atoms with van der Waals surface area (Å²) in [6.45, 7) is 6.90. The van der Waals surface area contributed by atoms with Gasteiger partial charge in [-0.15, -0.1) is 0 Å². The molecule has 0 fully saturated rings. The van der Waals surface area contributed by atoms with E-state index < -0.39 is 0 Å². The van der Waals surface area contributed by atoms with Crippen LogP contribution < -0.4 is 0 Å². The zero-order valence-corrected chi connectivity index (χ0v) is 32.1. The number of rotatable bonds is 3. The molecule has 2 aromatic heterocycles. The molecule has 0 bridgehead atoms. The molecule has 0 N–H and O–H groups in total. The van der Waals surface area contributed by atoms with Crippen molar-refractivity contribution in [3.8, 4) is 39.3 Å². The van der Waals surface area contributed by atoms with Crippen LogP contribution in [0.1, 0.15) is 30.5 Å². The summed E-state index contributed by atoms with van der Waals surface area (Å²) in [7, 11) is 0. The lowest BCUT2D eigenvalue weighted by atomic mass is 9.81. The molecule has 1 aliphatic rings. The Hall–Kier alpha value is -7.03. The third kappa shape index (κ3) is 4.62. The molecule has 9 aromatic carbocycles. The molecular weight excluding hydrogens is 689 g/mol. The second-order valence-electron chi connectivity index (χ2n) is 16.4. The SMILES string of the molecule is Cc1ccc2c(c1)c1cc(-c3ccc4c(c3)C(C)(C)c3ccccc3-4)ccc1n2-c1cc2ccccc2c(-c2ccc3c4ccccc4c4ccccc4c3c2)n1. The van der Waals surface area contributed by atoms with Crippen LogP contribution in [0.2, 0.25) is 0 Å². The molecular formula is C55H38N2. The zero-order valence-electron chi connectivity index (χ0n) is 32.1. The van der Waals surface area contributed by atoms with Crippen molar-refractivity contribution in [2.24, 2.45) is 0 Å². The molecule has 0 unspecified atom stereocenters. The molecule has 2 nitrogen and oxygen atoms in total. The van der Waals surface area contributed by atoms with Crippen molar-refractivity contribution in [1.82, 2.24) is 9.55 Å². The monoisotopic (exact) mass is 726 g/mol. The van der Waals surface area contributed by atoms with Crippen molar-refractivity contribution in [2.75, 3.05) is 0 Å². The van der Waals surface area contributed by atoms with E-state index in [0.29, 0.717) is 0 Å². The zero-order chi connectivity index (χ0) is 38.0. The van der Waals surface area contributed by atoms with Gasteiger partial charge in [0.15, 0.2) is 0 Å². The minimum absolute atomic E-state index is 0.0510. The van der Waals surface area contributed by atoms with Gasteiger partial charge >= 0.3 is 0 Å². The minimum Gasteiger partial charge on any atom is -0.294 e. The van der Waals surface area contributed by atoms with E-state index in [2.05, 4.69) is 201 Å².